The molecule has 1 heterocycles. The average molecular weight is 209 g/mol. The number of aromatic nitrogens is 2. The lowest BCUT2D eigenvalue weighted by molar-refractivity contribution is 0.593. The van der Waals surface area contributed by atoms with Crippen LogP contribution in [0.4, 0.5) is 14.7 Å². The predicted molar refractivity (Wildman–Crippen MR) is 52.6 cm³/mol. The second-order valence-electron chi connectivity index (χ2n) is 3.21. The van der Waals surface area contributed by atoms with Crippen molar-refractivity contribution in [3.05, 3.63) is 41.7 Å². The summed E-state index contributed by atoms with van der Waals surface area (Å²) in [6.07, 6.45) is 1.55. The number of imidazole rings is 1. The molecule has 0 aliphatic heterocycles. The zero-order valence-corrected chi connectivity index (χ0v) is 8.04. The first kappa shape index (κ1) is 9.64. The van der Waals surface area contributed by atoms with Gasteiger partial charge in [-0.25, -0.2) is 13.8 Å². The number of hydrogen-bond donors (Lipinski definition) is 1. The first-order valence-electron chi connectivity index (χ1n) is 4.35. The van der Waals surface area contributed by atoms with E-state index in [1.165, 1.54) is 4.57 Å². The van der Waals surface area contributed by atoms with Crippen molar-refractivity contribution in [1.29, 1.82) is 0 Å². The van der Waals surface area contributed by atoms with Crippen molar-refractivity contribution < 1.29 is 8.78 Å². The van der Waals surface area contributed by atoms with Gasteiger partial charge in [0.05, 0.1) is 11.4 Å². The summed E-state index contributed by atoms with van der Waals surface area (Å²) in [6.45, 7) is 1.73. The van der Waals surface area contributed by atoms with Crippen molar-refractivity contribution in [2.75, 3.05) is 5.73 Å². The first-order chi connectivity index (χ1) is 7.08. The van der Waals surface area contributed by atoms with Gasteiger partial charge in [-0.05, 0) is 19.1 Å². The number of anilines is 1. The van der Waals surface area contributed by atoms with Crippen LogP contribution in [0.3, 0.4) is 0 Å². The summed E-state index contributed by atoms with van der Waals surface area (Å²) in [4.78, 5) is 3.91. The molecular formula is C10H9F2N3. The summed E-state index contributed by atoms with van der Waals surface area (Å²) < 4.78 is 27.6. The maximum absolute atomic E-state index is 13.4. The van der Waals surface area contributed by atoms with Gasteiger partial charge in [-0.1, -0.05) is 0 Å². The molecule has 0 fully saturated rings. The maximum Gasteiger partial charge on any atom is 0.205 e. The third-order valence-electron chi connectivity index (χ3n) is 2.02. The van der Waals surface area contributed by atoms with Gasteiger partial charge in [-0.15, -0.1) is 0 Å². The molecule has 0 saturated carbocycles. The fraction of sp³-hybridized carbons (Fsp3) is 0.100. The lowest BCUT2D eigenvalue weighted by Crippen LogP contribution is -2.02. The molecule has 0 atom stereocenters. The Morgan fingerprint density at radius 2 is 2.07 bits per heavy atom. The van der Waals surface area contributed by atoms with E-state index in [4.69, 9.17) is 5.73 Å². The monoisotopic (exact) mass is 209 g/mol. The minimum Gasteiger partial charge on any atom is -0.369 e. The quantitative estimate of drug-likeness (QED) is 0.781. The molecule has 1 aromatic heterocycles. The van der Waals surface area contributed by atoms with Crippen molar-refractivity contribution in [2.45, 2.75) is 6.92 Å². The topological polar surface area (TPSA) is 43.8 Å². The molecule has 78 valence electrons. The maximum atomic E-state index is 13.4. The van der Waals surface area contributed by atoms with E-state index in [0.29, 0.717) is 5.69 Å². The molecule has 1 aromatic carbocycles. The summed E-state index contributed by atoms with van der Waals surface area (Å²) in [6, 6.07) is 3.19. The van der Waals surface area contributed by atoms with E-state index in [9.17, 15) is 8.78 Å². The molecule has 0 aliphatic carbocycles. The summed E-state index contributed by atoms with van der Waals surface area (Å²) in [7, 11) is 0. The number of nitrogens with two attached hydrogens (primary N) is 1. The molecule has 15 heavy (non-hydrogen) atoms. The van der Waals surface area contributed by atoms with Crippen molar-refractivity contribution >= 4 is 5.95 Å². The fourth-order valence-electron chi connectivity index (χ4n) is 1.38. The van der Waals surface area contributed by atoms with Gasteiger partial charge in [0.1, 0.15) is 11.6 Å². The molecule has 5 heteroatoms. The number of nitrogens with zero attached hydrogens (tertiary/aromatic N) is 2. The van der Waals surface area contributed by atoms with Crippen molar-refractivity contribution in [2.24, 2.45) is 0 Å². The molecule has 0 spiro atoms. The van der Waals surface area contributed by atoms with Crippen molar-refractivity contribution in [1.82, 2.24) is 9.55 Å². The lowest BCUT2D eigenvalue weighted by Gasteiger charge is -2.05. The van der Waals surface area contributed by atoms with E-state index in [0.717, 1.165) is 18.2 Å². The van der Waals surface area contributed by atoms with Gasteiger partial charge in [0.25, 0.3) is 0 Å². The van der Waals surface area contributed by atoms with E-state index in [1.54, 1.807) is 13.1 Å². The highest BCUT2D eigenvalue weighted by Gasteiger charge is 2.09. The summed E-state index contributed by atoms with van der Waals surface area (Å²) in [5.74, 6) is -0.922. The van der Waals surface area contributed by atoms with Crippen molar-refractivity contribution in [3.8, 4) is 5.69 Å². The van der Waals surface area contributed by atoms with Crippen LogP contribution in [0, 0.1) is 18.6 Å². The number of rotatable bonds is 1. The van der Waals surface area contributed by atoms with Crippen LogP contribution in [0.15, 0.2) is 24.4 Å². The Morgan fingerprint density at radius 1 is 1.33 bits per heavy atom. The molecule has 0 radical (unpaired) electrons. The first-order valence-corrected chi connectivity index (χ1v) is 4.35. The summed E-state index contributed by atoms with van der Waals surface area (Å²) >= 11 is 0. The van der Waals surface area contributed by atoms with E-state index in [2.05, 4.69) is 4.98 Å². The molecule has 0 unspecified atom stereocenters. The van der Waals surface area contributed by atoms with E-state index < -0.39 is 11.6 Å². The van der Waals surface area contributed by atoms with Crippen LogP contribution in [-0.2, 0) is 0 Å². The Balaban J connectivity index is 2.62. The predicted octanol–water partition coefficient (Wildman–Crippen LogP) is 2.04. The van der Waals surface area contributed by atoms with Crippen LogP contribution < -0.4 is 5.73 Å². The highest BCUT2D eigenvalue weighted by molar-refractivity contribution is 5.41. The number of hydrogen-bond acceptors (Lipinski definition) is 2. The molecular weight excluding hydrogens is 200 g/mol. The second kappa shape index (κ2) is 3.34. The van der Waals surface area contributed by atoms with Crippen LogP contribution in [0.1, 0.15) is 5.69 Å². The average Bonchev–Trinajstić information content (AvgIpc) is 2.50. The zero-order valence-electron chi connectivity index (χ0n) is 8.04. The fourth-order valence-corrected chi connectivity index (χ4v) is 1.38. The molecule has 0 bridgehead atoms. The standard InChI is InChI=1S/C10H9F2N3/c1-6-5-15(10(13)14-6)9-4-7(11)2-3-8(9)12/h2-5H,1H3,(H2,13,14). The smallest absolute Gasteiger partial charge is 0.205 e. The molecule has 2 aromatic rings. The highest BCUT2D eigenvalue weighted by Crippen LogP contribution is 2.18. The molecule has 2 rings (SSSR count). The van der Waals surface area contributed by atoms with E-state index in [1.807, 2.05) is 0 Å². The summed E-state index contributed by atoms with van der Waals surface area (Å²) in [5, 5.41) is 0. The van der Waals surface area contributed by atoms with Gasteiger partial charge in [-0.2, -0.15) is 0 Å². The minimum atomic E-state index is -0.541. The number of benzene rings is 1. The number of nitrogen functional groups attached to an aromatic ring is 1. The third kappa shape index (κ3) is 1.68. The Kier molecular flexibility index (Phi) is 2.15. The van der Waals surface area contributed by atoms with Gasteiger partial charge in [-0.3, -0.25) is 4.57 Å². The van der Waals surface area contributed by atoms with Gasteiger partial charge >= 0.3 is 0 Å². The zero-order chi connectivity index (χ0) is 11.0. The van der Waals surface area contributed by atoms with E-state index in [-0.39, 0.29) is 11.6 Å². The largest absolute Gasteiger partial charge is 0.369 e. The number of aryl methyl sites for hydroxylation is 1. The van der Waals surface area contributed by atoms with Crippen LogP contribution >= 0.6 is 0 Å². The van der Waals surface area contributed by atoms with Gasteiger partial charge < -0.3 is 5.73 Å². The summed E-state index contributed by atoms with van der Waals surface area (Å²) in [5.41, 5.74) is 6.27. The molecule has 0 aliphatic rings. The lowest BCUT2D eigenvalue weighted by atomic mass is 10.3. The van der Waals surface area contributed by atoms with Crippen LogP contribution in [-0.4, -0.2) is 9.55 Å². The SMILES string of the molecule is Cc1cn(-c2cc(F)ccc2F)c(N)n1. The van der Waals surface area contributed by atoms with Crippen LogP contribution in [0.25, 0.3) is 5.69 Å². The second-order valence-corrected chi connectivity index (χ2v) is 3.21. The molecule has 0 amide bonds. The Bertz CT molecular complexity index is 505. The van der Waals surface area contributed by atoms with Crippen LogP contribution in [0.2, 0.25) is 0 Å². The minimum absolute atomic E-state index is 0.0631. The molecule has 2 N–H and O–H groups in total. The van der Waals surface area contributed by atoms with Crippen molar-refractivity contribution in [3.63, 3.8) is 0 Å². The highest BCUT2D eigenvalue weighted by atomic mass is 19.1. The molecule has 3 nitrogen and oxygen atoms in total. The van der Waals surface area contributed by atoms with Crippen LogP contribution in [0.5, 0.6) is 0 Å². The Labute approximate surface area is 85.2 Å². The van der Waals surface area contributed by atoms with Gasteiger partial charge in [0.15, 0.2) is 0 Å². The Hall–Kier alpha value is -1.91. The third-order valence-corrected chi connectivity index (χ3v) is 2.02. The van der Waals surface area contributed by atoms with E-state index >= 15 is 0 Å². The normalized spacial score (nSPS) is 10.6. The molecule has 0 saturated heterocycles. The van der Waals surface area contributed by atoms with Gasteiger partial charge in [0.2, 0.25) is 5.95 Å². The van der Waals surface area contributed by atoms with Gasteiger partial charge in [0, 0.05) is 12.3 Å². The Morgan fingerprint density at radius 3 is 2.67 bits per heavy atom. The number of halogens is 2.